The standard InChI is InChI=1S/C22H31N7O3/c1-22(2,11-23)19(26-3)12-7-8-27(10-12)15-9-14(24)16-17(18(15)32-4)28(13-5-6-13)21(31)29(25)20(16)30/h9,12-13,19,26H,5-8,10,24-25H2,1-4H3. The van der Waals surface area contributed by atoms with Crippen molar-refractivity contribution in [3.63, 3.8) is 0 Å². The Hall–Kier alpha value is -3.19. The first-order valence-corrected chi connectivity index (χ1v) is 10.9. The summed E-state index contributed by atoms with van der Waals surface area (Å²) in [4.78, 5) is 27.9. The molecule has 172 valence electrons. The van der Waals surface area contributed by atoms with Gasteiger partial charge in [-0.05, 0) is 52.1 Å². The highest BCUT2D eigenvalue weighted by molar-refractivity contribution is 5.99. The van der Waals surface area contributed by atoms with Crippen LogP contribution < -0.4 is 37.8 Å². The summed E-state index contributed by atoms with van der Waals surface area (Å²) in [5.41, 5.74) is 6.04. The lowest BCUT2D eigenvalue weighted by atomic mass is 9.78. The van der Waals surface area contributed by atoms with E-state index in [4.69, 9.17) is 16.3 Å². The Morgan fingerprint density at radius 3 is 2.56 bits per heavy atom. The van der Waals surface area contributed by atoms with Gasteiger partial charge in [0.2, 0.25) is 0 Å². The fourth-order valence-corrected chi connectivity index (χ4v) is 5.17. The molecule has 1 aliphatic carbocycles. The number of hydrogen-bond donors (Lipinski definition) is 3. The summed E-state index contributed by atoms with van der Waals surface area (Å²) in [6.45, 7) is 5.32. The molecular formula is C22H31N7O3. The molecule has 1 aromatic heterocycles. The average Bonchev–Trinajstić information content (AvgIpc) is 3.48. The summed E-state index contributed by atoms with van der Waals surface area (Å²) < 4.78 is 7.97. The summed E-state index contributed by atoms with van der Waals surface area (Å²) in [5.74, 6) is 6.48. The van der Waals surface area contributed by atoms with Crippen LogP contribution in [0.15, 0.2) is 15.7 Å². The van der Waals surface area contributed by atoms with E-state index in [0.717, 1.165) is 31.5 Å². The first-order chi connectivity index (χ1) is 15.2. The second-order valence-corrected chi connectivity index (χ2v) is 9.40. The van der Waals surface area contributed by atoms with Gasteiger partial charge in [-0.15, -0.1) is 0 Å². The van der Waals surface area contributed by atoms with E-state index in [1.807, 2.05) is 20.9 Å². The van der Waals surface area contributed by atoms with Crippen molar-refractivity contribution in [2.45, 2.75) is 45.2 Å². The van der Waals surface area contributed by atoms with Crippen LogP contribution in [-0.2, 0) is 0 Å². The highest BCUT2D eigenvalue weighted by Gasteiger charge is 2.39. The van der Waals surface area contributed by atoms with E-state index in [1.54, 1.807) is 10.6 Å². The van der Waals surface area contributed by atoms with Crippen molar-refractivity contribution in [1.29, 1.82) is 5.26 Å². The van der Waals surface area contributed by atoms with Crippen LogP contribution >= 0.6 is 0 Å². The molecule has 0 amide bonds. The maximum Gasteiger partial charge on any atom is 0.350 e. The summed E-state index contributed by atoms with van der Waals surface area (Å²) in [6, 6.07) is 4.13. The van der Waals surface area contributed by atoms with Crippen molar-refractivity contribution >= 4 is 22.3 Å². The highest BCUT2D eigenvalue weighted by atomic mass is 16.5. The molecule has 2 heterocycles. The number of hydrogen-bond acceptors (Lipinski definition) is 8. The lowest BCUT2D eigenvalue weighted by Gasteiger charge is -2.33. The van der Waals surface area contributed by atoms with E-state index in [1.165, 1.54) is 7.11 Å². The number of aromatic nitrogens is 2. The molecule has 0 bridgehead atoms. The summed E-state index contributed by atoms with van der Waals surface area (Å²) in [5, 5.41) is 13.1. The minimum Gasteiger partial charge on any atom is -0.492 e. The third-order valence-corrected chi connectivity index (χ3v) is 6.88. The van der Waals surface area contributed by atoms with E-state index >= 15 is 0 Å². The molecule has 2 atom stereocenters. The topological polar surface area (TPSA) is 144 Å². The Labute approximate surface area is 186 Å². The van der Waals surface area contributed by atoms with Gasteiger partial charge in [0.15, 0.2) is 5.75 Å². The summed E-state index contributed by atoms with van der Waals surface area (Å²) >= 11 is 0. The van der Waals surface area contributed by atoms with Crippen LogP contribution in [0.25, 0.3) is 10.9 Å². The second kappa shape index (κ2) is 7.74. The lowest BCUT2D eigenvalue weighted by molar-refractivity contribution is 0.253. The van der Waals surface area contributed by atoms with Crippen LogP contribution in [0.3, 0.4) is 0 Å². The van der Waals surface area contributed by atoms with Gasteiger partial charge in [-0.3, -0.25) is 9.36 Å². The van der Waals surface area contributed by atoms with Crippen LogP contribution in [0.4, 0.5) is 11.4 Å². The zero-order chi connectivity index (χ0) is 23.4. The molecule has 2 aliphatic rings. The molecule has 2 fully saturated rings. The Balaban J connectivity index is 1.86. The quantitative estimate of drug-likeness (QED) is 0.440. The van der Waals surface area contributed by atoms with Gasteiger partial charge in [0, 0.05) is 30.9 Å². The van der Waals surface area contributed by atoms with Crippen molar-refractivity contribution in [2.24, 2.45) is 11.3 Å². The first-order valence-electron chi connectivity index (χ1n) is 10.9. The van der Waals surface area contributed by atoms with Gasteiger partial charge >= 0.3 is 5.69 Å². The third-order valence-electron chi connectivity index (χ3n) is 6.88. The van der Waals surface area contributed by atoms with Gasteiger partial charge < -0.3 is 26.5 Å². The number of nitrogen functional groups attached to an aromatic ring is 2. The van der Waals surface area contributed by atoms with Crippen molar-refractivity contribution in [1.82, 2.24) is 14.6 Å². The molecule has 1 saturated carbocycles. The molecule has 2 unspecified atom stereocenters. The number of benzene rings is 1. The number of ether oxygens (including phenoxy) is 1. The van der Waals surface area contributed by atoms with Crippen LogP contribution in [-0.4, -0.2) is 42.5 Å². The summed E-state index contributed by atoms with van der Waals surface area (Å²) in [7, 11) is 3.42. The zero-order valence-corrected chi connectivity index (χ0v) is 19.0. The van der Waals surface area contributed by atoms with Crippen molar-refractivity contribution < 1.29 is 4.74 Å². The molecule has 32 heavy (non-hydrogen) atoms. The number of fused-ring (bicyclic) bond motifs is 1. The number of nitrogens with one attached hydrogen (secondary N) is 1. The van der Waals surface area contributed by atoms with E-state index in [9.17, 15) is 14.9 Å². The summed E-state index contributed by atoms with van der Waals surface area (Å²) in [6.07, 6.45) is 2.55. The molecule has 2 aromatic rings. The van der Waals surface area contributed by atoms with Gasteiger partial charge in [0.1, 0.15) is 5.52 Å². The number of nitrogens with zero attached hydrogens (tertiary/aromatic N) is 4. The predicted molar refractivity (Wildman–Crippen MR) is 124 cm³/mol. The molecule has 0 spiro atoms. The van der Waals surface area contributed by atoms with E-state index in [-0.39, 0.29) is 29.1 Å². The molecule has 10 heteroatoms. The molecule has 5 N–H and O–H groups in total. The second-order valence-electron chi connectivity index (χ2n) is 9.40. The Kier molecular flexibility index (Phi) is 5.33. The van der Waals surface area contributed by atoms with Gasteiger partial charge in [0.25, 0.3) is 5.56 Å². The Bertz CT molecular complexity index is 1220. The van der Waals surface area contributed by atoms with Crippen molar-refractivity contribution in [3.8, 4) is 11.8 Å². The van der Waals surface area contributed by atoms with E-state index in [2.05, 4.69) is 16.3 Å². The Morgan fingerprint density at radius 1 is 1.31 bits per heavy atom. The van der Waals surface area contributed by atoms with Crippen LogP contribution in [0, 0.1) is 22.7 Å². The SMILES string of the molecule is CNC(C1CCN(c2cc(N)c3c(=O)n(N)c(=O)n(C4CC4)c3c2OC)C1)C(C)(C)C#N. The van der Waals surface area contributed by atoms with Gasteiger partial charge in [-0.25, -0.2) is 4.79 Å². The maximum atomic E-state index is 12.9. The van der Waals surface area contributed by atoms with Crippen molar-refractivity contribution in [2.75, 3.05) is 43.7 Å². The molecule has 10 nitrogen and oxygen atoms in total. The van der Waals surface area contributed by atoms with Crippen molar-refractivity contribution in [3.05, 3.63) is 26.9 Å². The fraction of sp³-hybridized carbons (Fsp3) is 0.591. The van der Waals surface area contributed by atoms with E-state index < -0.39 is 16.7 Å². The third kappa shape index (κ3) is 3.28. The number of anilines is 2. The molecule has 4 rings (SSSR count). The minimum atomic E-state index is -0.630. The zero-order valence-electron chi connectivity index (χ0n) is 19.0. The average molecular weight is 442 g/mol. The first kappa shape index (κ1) is 22.0. The number of nitriles is 1. The number of nitrogens with two attached hydrogens (primary N) is 2. The highest BCUT2D eigenvalue weighted by Crippen LogP contribution is 2.44. The largest absolute Gasteiger partial charge is 0.492 e. The van der Waals surface area contributed by atoms with Gasteiger partial charge in [-0.2, -0.15) is 9.94 Å². The number of methoxy groups -OCH3 is 1. The normalized spacial score (nSPS) is 19.8. The molecule has 0 radical (unpaired) electrons. The van der Waals surface area contributed by atoms with Gasteiger partial charge in [-0.1, -0.05) is 0 Å². The van der Waals surface area contributed by atoms with Crippen LogP contribution in [0.5, 0.6) is 5.75 Å². The molecular weight excluding hydrogens is 410 g/mol. The van der Waals surface area contributed by atoms with Crippen LogP contribution in [0.1, 0.15) is 39.2 Å². The minimum absolute atomic E-state index is 0.00962. The molecule has 1 saturated heterocycles. The smallest absolute Gasteiger partial charge is 0.350 e. The fourth-order valence-electron chi connectivity index (χ4n) is 5.17. The lowest BCUT2D eigenvalue weighted by Crippen LogP contribution is -2.46. The predicted octanol–water partition coefficient (Wildman–Crippen LogP) is 0.767. The van der Waals surface area contributed by atoms with E-state index in [0.29, 0.717) is 22.5 Å². The maximum absolute atomic E-state index is 12.9. The monoisotopic (exact) mass is 441 g/mol. The molecule has 1 aromatic carbocycles. The van der Waals surface area contributed by atoms with Crippen LogP contribution in [0.2, 0.25) is 0 Å². The Morgan fingerprint density at radius 2 is 2.00 bits per heavy atom. The molecule has 1 aliphatic heterocycles. The number of rotatable bonds is 6. The van der Waals surface area contributed by atoms with Gasteiger partial charge in [0.05, 0.1) is 29.7 Å².